The molecule has 1 amide bonds. The number of nitrogens with zero attached hydrogens (tertiary/aromatic N) is 1. The first-order chi connectivity index (χ1) is 10.8. The smallest absolute Gasteiger partial charge is 0.327 e. The number of benzene rings is 1. The van der Waals surface area contributed by atoms with Crippen molar-refractivity contribution in [2.45, 2.75) is 19.9 Å². The summed E-state index contributed by atoms with van der Waals surface area (Å²) in [6.07, 6.45) is 1.70. The van der Waals surface area contributed by atoms with Gasteiger partial charge in [-0.1, -0.05) is 50.0 Å². The van der Waals surface area contributed by atoms with E-state index in [9.17, 15) is 14.7 Å². The highest BCUT2D eigenvalue weighted by molar-refractivity contribution is 8.26. The second kappa shape index (κ2) is 7.14. The molecule has 1 aliphatic rings. The molecule has 1 saturated heterocycles. The van der Waals surface area contributed by atoms with Crippen molar-refractivity contribution < 1.29 is 19.4 Å². The van der Waals surface area contributed by atoms with Gasteiger partial charge >= 0.3 is 5.97 Å². The summed E-state index contributed by atoms with van der Waals surface area (Å²) >= 11 is 6.33. The van der Waals surface area contributed by atoms with E-state index in [2.05, 4.69) is 0 Å². The van der Waals surface area contributed by atoms with Crippen molar-refractivity contribution in [3.05, 3.63) is 34.7 Å². The number of methoxy groups -OCH3 is 1. The Morgan fingerprint density at radius 1 is 1.43 bits per heavy atom. The predicted octanol–water partition coefficient (Wildman–Crippen LogP) is 3.01. The number of aliphatic carboxylic acids is 1. The van der Waals surface area contributed by atoms with Crippen LogP contribution in [-0.4, -0.2) is 39.4 Å². The minimum absolute atomic E-state index is 0.244. The lowest BCUT2D eigenvalue weighted by Gasteiger charge is -2.26. The highest BCUT2D eigenvalue weighted by Crippen LogP contribution is 2.35. The van der Waals surface area contributed by atoms with E-state index in [0.29, 0.717) is 10.7 Å². The molecule has 2 rings (SSSR count). The molecule has 7 heteroatoms. The largest absolute Gasteiger partial charge is 0.497 e. The van der Waals surface area contributed by atoms with Crippen molar-refractivity contribution in [2.24, 2.45) is 5.92 Å². The van der Waals surface area contributed by atoms with Gasteiger partial charge in [0.2, 0.25) is 0 Å². The van der Waals surface area contributed by atoms with E-state index in [1.165, 1.54) is 4.90 Å². The van der Waals surface area contributed by atoms with Crippen LogP contribution in [0.25, 0.3) is 6.08 Å². The lowest BCUT2D eigenvalue weighted by atomic mass is 10.0. The summed E-state index contributed by atoms with van der Waals surface area (Å²) in [7, 11) is 1.57. The van der Waals surface area contributed by atoms with Crippen LogP contribution in [0, 0.1) is 5.92 Å². The number of carboxylic acids is 1. The van der Waals surface area contributed by atoms with Crippen LogP contribution in [-0.2, 0) is 9.59 Å². The lowest BCUT2D eigenvalue weighted by molar-refractivity contribution is -0.146. The number of rotatable bonds is 5. The Morgan fingerprint density at radius 2 is 2.13 bits per heavy atom. The molecule has 0 aliphatic carbocycles. The molecular formula is C16H17NO4S2. The first kappa shape index (κ1) is 17.5. The molecule has 0 radical (unpaired) electrons. The molecule has 0 saturated carbocycles. The average Bonchev–Trinajstić information content (AvgIpc) is 2.75. The van der Waals surface area contributed by atoms with Gasteiger partial charge in [-0.3, -0.25) is 9.69 Å². The van der Waals surface area contributed by atoms with Gasteiger partial charge in [0.05, 0.1) is 12.0 Å². The van der Waals surface area contributed by atoms with Crippen LogP contribution in [0.5, 0.6) is 5.75 Å². The highest BCUT2D eigenvalue weighted by Gasteiger charge is 2.41. The zero-order chi connectivity index (χ0) is 17.1. The van der Waals surface area contributed by atoms with Gasteiger partial charge in [-0.25, -0.2) is 4.79 Å². The Morgan fingerprint density at radius 3 is 2.70 bits per heavy atom. The van der Waals surface area contributed by atoms with E-state index in [-0.39, 0.29) is 16.1 Å². The average molecular weight is 351 g/mol. The maximum atomic E-state index is 12.6. The van der Waals surface area contributed by atoms with Crippen molar-refractivity contribution in [1.82, 2.24) is 4.90 Å². The van der Waals surface area contributed by atoms with Crippen LogP contribution < -0.4 is 4.74 Å². The number of amides is 1. The molecule has 0 aromatic heterocycles. The molecule has 5 nitrogen and oxygen atoms in total. The lowest BCUT2D eigenvalue weighted by Crippen LogP contribution is -2.47. The Labute approximate surface area is 144 Å². The monoisotopic (exact) mass is 351 g/mol. The van der Waals surface area contributed by atoms with Crippen molar-refractivity contribution in [3.8, 4) is 5.75 Å². The van der Waals surface area contributed by atoms with Crippen LogP contribution in [0.3, 0.4) is 0 Å². The molecule has 1 aromatic rings. The summed E-state index contributed by atoms with van der Waals surface area (Å²) < 4.78 is 5.42. The third kappa shape index (κ3) is 3.73. The molecule has 1 aliphatic heterocycles. The third-order valence-electron chi connectivity index (χ3n) is 3.38. The first-order valence-corrected chi connectivity index (χ1v) is 8.21. The molecule has 1 N–H and O–H groups in total. The number of thioether (sulfide) groups is 1. The fourth-order valence-corrected chi connectivity index (χ4v) is 3.63. The topological polar surface area (TPSA) is 66.8 Å². The SMILES string of the molecule is COc1cccc(/C=C2/SC(=S)N([C@@H](C(=O)O)C(C)C)C2=O)c1. The van der Waals surface area contributed by atoms with E-state index < -0.39 is 12.0 Å². The molecule has 23 heavy (non-hydrogen) atoms. The van der Waals surface area contributed by atoms with Crippen LogP contribution in [0.2, 0.25) is 0 Å². The molecule has 1 atom stereocenters. The number of carboxylic acid groups (broad SMARTS) is 1. The Bertz CT molecular complexity index is 684. The van der Waals surface area contributed by atoms with Gasteiger partial charge in [0.1, 0.15) is 16.1 Å². The van der Waals surface area contributed by atoms with Crippen molar-refractivity contribution in [1.29, 1.82) is 0 Å². The summed E-state index contributed by atoms with van der Waals surface area (Å²) in [5, 5.41) is 9.39. The van der Waals surface area contributed by atoms with E-state index in [4.69, 9.17) is 17.0 Å². The van der Waals surface area contributed by atoms with Gasteiger partial charge < -0.3 is 9.84 Å². The molecule has 0 spiro atoms. The minimum atomic E-state index is -1.06. The van der Waals surface area contributed by atoms with Gasteiger partial charge in [-0.05, 0) is 29.7 Å². The van der Waals surface area contributed by atoms with Gasteiger partial charge in [0.15, 0.2) is 0 Å². The second-order valence-corrected chi connectivity index (χ2v) is 7.03. The molecule has 0 unspecified atom stereocenters. The Balaban J connectivity index is 2.33. The van der Waals surface area contributed by atoms with Crippen LogP contribution in [0.1, 0.15) is 19.4 Å². The number of hydrogen-bond acceptors (Lipinski definition) is 5. The molecule has 122 valence electrons. The zero-order valence-electron chi connectivity index (χ0n) is 13.0. The van der Waals surface area contributed by atoms with E-state index in [1.54, 1.807) is 33.1 Å². The molecule has 1 heterocycles. The normalized spacial score (nSPS) is 17.9. The molecular weight excluding hydrogens is 334 g/mol. The summed E-state index contributed by atoms with van der Waals surface area (Å²) in [4.78, 5) is 25.7. The highest BCUT2D eigenvalue weighted by atomic mass is 32.2. The van der Waals surface area contributed by atoms with Gasteiger partial charge in [0.25, 0.3) is 5.91 Å². The number of carbonyl (C=O) groups is 2. The first-order valence-electron chi connectivity index (χ1n) is 6.99. The molecule has 1 fully saturated rings. The second-order valence-electron chi connectivity index (χ2n) is 5.36. The van der Waals surface area contributed by atoms with Gasteiger partial charge in [-0.2, -0.15) is 0 Å². The number of thiocarbonyl (C=S) groups is 1. The Kier molecular flexibility index (Phi) is 5.43. The fraction of sp³-hybridized carbons (Fsp3) is 0.312. The quantitative estimate of drug-likeness (QED) is 0.650. The van der Waals surface area contributed by atoms with Gasteiger partial charge in [-0.15, -0.1) is 0 Å². The predicted molar refractivity (Wildman–Crippen MR) is 94.3 cm³/mol. The third-order valence-corrected chi connectivity index (χ3v) is 4.71. The van der Waals surface area contributed by atoms with Crippen LogP contribution in [0.15, 0.2) is 29.2 Å². The Hall–Kier alpha value is -1.86. The number of carbonyl (C=O) groups excluding carboxylic acids is 1. The van der Waals surface area contributed by atoms with Crippen LogP contribution in [0.4, 0.5) is 0 Å². The van der Waals surface area contributed by atoms with E-state index in [1.807, 2.05) is 18.2 Å². The number of hydrogen-bond donors (Lipinski definition) is 1. The summed E-state index contributed by atoms with van der Waals surface area (Å²) in [6, 6.07) is 6.30. The molecule has 0 bridgehead atoms. The fourth-order valence-electron chi connectivity index (χ4n) is 2.30. The van der Waals surface area contributed by atoms with E-state index in [0.717, 1.165) is 17.3 Å². The maximum absolute atomic E-state index is 12.6. The molecule has 1 aromatic carbocycles. The van der Waals surface area contributed by atoms with Crippen LogP contribution >= 0.6 is 24.0 Å². The summed E-state index contributed by atoms with van der Waals surface area (Å²) in [5.41, 5.74) is 0.793. The van der Waals surface area contributed by atoms with Gasteiger partial charge in [0, 0.05) is 0 Å². The number of ether oxygens (including phenoxy) is 1. The summed E-state index contributed by atoms with van der Waals surface area (Å²) in [6.45, 7) is 3.51. The standard InChI is InChI=1S/C16H17NO4S2/c1-9(2)13(15(19)20)17-14(18)12(23-16(17)22)8-10-5-4-6-11(7-10)21-3/h4-9,13H,1-3H3,(H,19,20)/b12-8+/t13-/m1/s1. The van der Waals surface area contributed by atoms with Crippen molar-refractivity contribution in [3.63, 3.8) is 0 Å². The van der Waals surface area contributed by atoms with Crippen molar-refractivity contribution >= 4 is 46.3 Å². The minimum Gasteiger partial charge on any atom is -0.497 e. The maximum Gasteiger partial charge on any atom is 0.327 e. The summed E-state index contributed by atoms with van der Waals surface area (Å²) in [5.74, 6) is -0.992. The van der Waals surface area contributed by atoms with Crippen molar-refractivity contribution in [2.75, 3.05) is 7.11 Å². The van der Waals surface area contributed by atoms with E-state index >= 15 is 0 Å². The zero-order valence-corrected chi connectivity index (χ0v) is 14.6.